The largest absolute Gasteiger partial charge is 0.507 e. The van der Waals surface area contributed by atoms with Gasteiger partial charge in [-0.3, -0.25) is 4.79 Å². The topological polar surface area (TPSA) is 80.2 Å². The van der Waals surface area contributed by atoms with Crippen LogP contribution in [-0.2, 0) is 0 Å². The standard InChI is InChI=1S/C17H16BrIN2O4/c1-3-25-15-7-10(6-13(19)16(15)24-2)9-20-21-17(23)12-8-11(18)4-5-14(12)22/h4-9,22H,3H2,1-2H3,(H,21,23)/b20-9-. The van der Waals surface area contributed by atoms with Crippen LogP contribution < -0.4 is 14.9 Å². The van der Waals surface area contributed by atoms with Crippen molar-refractivity contribution < 1.29 is 19.4 Å². The Kier molecular flexibility index (Phi) is 7.06. The number of nitrogens with one attached hydrogen (secondary N) is 1. The number of carbonyl (C=O) groups is 1. The predicted octanol–water partition coefficient (Wildman–Crippen LogP) is 3.93. The molecule has 2 aromatic carbocycles. The Morgan fingerprint density at radius 1 is 1.40 bits per heavy atom. The van der Waals surface area contributed by atoms with E-state index in [9.17, 15) is 9.90 Å². The maximum Gasteiger partial charge on any atom is 0.275 e. The van der Waals surface area contributed by atoms with Crippen molar-refractivity contribution in [1.82, 2.24) is 5.43 Å². The summed E-state index contributed by atoms with van der Waals surface area (Å²) in [6, 6.07) is 8.22. The van der Waals surface area contributed by atoms with Crippen molar-refractivity contribution >= 4 is 50.6 Å². The van der Waals surface area contributed by atoms with E-state index in [0.717, 1.165) is 9.13 Å². The third kappa shape index (κ3) is 5.08. The van der Waals surface area contributed by atoms with Gasteiger partial charge in [0.05, 0.1) is 29.1 Å². The molecule has 1 amide bonds. The number of hydrazone groups is 1. The van der Waals surface area contributed by atoms with Gasteiger partial charge in [-0.25, -0.2) is 5.43 Å². The minimum absolute atomic E-state index is 0.117. The van der Waals surface area contributed by atoms with E-state index in [4.69, 9.17) is 9.47 Å². The number of hydrogen-bond donors (Lipinski definition) is 2. The number of phenols is 1. The highest BCUT2D eigenvalue weighted by Gasteiger charge is 2.12. The van der Waals surface area contributed by atoms with Crippen LogP contribution in [0.25, 0.3) is 0 Å². The molecular formula is C17H16BrIN2O4. The molecule has 0 fully saturated rings. The number of rotatable bonds is 6. The zero-order valence-electron chi connectivity index (χ0n) is 13.5. The lowest BCUT2D eigenvalue weighted by Crippen LogP contribution is -2.17. The number of carbonyl (C=O) groups excluding carboxylic acids is 1. The third-order valence-corrected chi connectivity index (χ3v) is 4.41. The second kappa shape index (κ2) is 9.04. The lowest BCUT2D eigenvalue weighted by Gasteiger charge is -2.11. The summed E-state index contributed by atoms with van der Waals surface area (Å²) in [4.78, 5) is 12.1. The Balaban J connectivity index is 2.16. The maximum absolute atomic E-state index is 12.1. The van der Waals surface area contributed by atoms with Gasteiger partial charge in [0.25, 0.3) is 5.91 Å². The van der Waals surface area contributed by atoms with Crippen LogP contribution in [0.5, 0.6) is 17.2 Å². The summed E-state index contributed by atoms with van der Waals surface area (Å²) in [6.07, 6.45) is 1.50. The normalized spacial score (nSPS) is 10.7. The van der Waals surface area contributed by atoms with Crippen LogP contribution in [0.2, 0.25) is 0 Å². The first kappa shape index (κ1) is 19.5. The highest BCUT2D eigenvalue weighted by atomic mass is 127. The quantitative estimate of drug-likeness (QED) is 0.345. The fraction of sp³-hybridized carbons (Fsp3) is 0.176. The van der Waals surface area contributed by atoms with E-state index >= 15 is 0 Å². The fourth-order valence-corrected chi connectivity index (χ4v) is 3.25. The van der Waals surface area contributed by atoms with Gasteiger partial charge in [0.1, 0.15) is 5.75 Å². The van der Waals surface area contributed by atoms with Crippen molar-refractivity contribution in [2.45, 2.75) is 6.92 Å². The Morgan fingerprint density at radius 3 is 2.84 bits per heavy atom. The second-order valence-corrected chi connectivity index (χ2v) is 6.91. The smallest absolute Gasteiger partial charge is 0.275 e. The van der Waals surface area contributed by atoms with Gasteiger partial charge in [0, 0.05) is 4.47 Å². The summed E-state index contributed by atoms with van der Waals surface area (Å²) < 4.78 is 12.4. The van der Waals surface area contributed by atoms with E-state index in [1.165, 1.54) is 18.3 Å². The van der Waals surface area contributed by atoms with E-state index in [1.54, 1.807) is 19.2 Å². The molecule has 0 aliphatic heterocycles. The van der Waals surface area contributed by atoms with Gasteiger partial charge < -0.3 is 14.6 Å². The molecule has 8 heteroatoms. The number of nitrogens with zero attached hydrogens (tertiary/aromatic N) is 1. The number of aromatic hydroxyl groups is 1. The van der Waals surface area contributed by atoms with E-state index < -0.39 is 5.91 Å². The molecular weight excluding hydrogens is 503 g/mol. The minimum Gasteiger partial charge on any atom is -0.507 e. The number of benzene rings is 2. The van der Waals surface area contributed by atoms with Gasteiger partial charge in [-0.15, -0.1) is 0 Å². The first-order valence-electron chi connectivity index (χ1n) is 7.28. The zero-order valence-corrected chi connectivity index (χ0v) is 17.3. The van der Waals surface area contributed by atoms with Crippen LogP contribution >= 0.6 is 38.5 Å². The first-order chi connectivity index (χ1) is 12.0. The molecule has 0 aliphatic rings. The van der Waals surface area contributed by atoms with E-state index in [0.29, 0.717) is 22.6 Å². The molecule has 0 saturated carbocycles. The summed E-state index contributed by atoms with van der Waals surface area (Å²) in [7, 11) is 1.58. The lowest BCUT2D eigenvalue weighted by atomic mass is 10.2. The van der Waals surface area contributed by atoms with Gasteiger partial charge in [-0.1, -0.05) is 15.9 Å². The fourth-order valence-electron chi connectivity index (χ4n) is 2.04. The average molecular weight is 519 g/mol. The van der Waals surface area contributed by atoms with Gasteiger partial charge in [-0.05, 0) is 65.4 Å². The Morgan fingerprint density at radius 2 is 2.16 bits per heavy atom. The zero-order chi connectivity index (χ0) is 18.4. The molecule has 0 aliphatic carbocycles. The van der Waals surface area contributed by atoms with Gasteiger partial charge in [-0.2, -0.15) is 5.10 Å². The van der Waals surface area contributed by atoms with Crippen LogP contribution in [0.1, 0.15) is 22.8 Å². The number of ether oxygens (including phenoxy) is 2. The molecule has 2 rings (SSSR count). The number of methoxy groups -OCH3 is 1. The molecule has 0 aromatic heterocycles. The van der Waals surface area contributed by atoms with Crippen LogP contribution in [0.3, 0.4) is 0 Å². The van der Waals surface area contributed by atoms with Crippen molar-refractivity contribution in [2.24, 2.45) is 5.10 Å². The van der Waals surface area contributed by atoms with Crippen molar-refractivity contribution in [1.29, 1.82) is 0 Å². The Bertz CT molecular complexity index is 811. The van der Waals surface area contributed by atoms with Crippen LogP contribution in [0, 0.1) is 3.57 Å². The molecule has 25 heavy (non-hydrogen) atoms. The summed E-state index contributed by atoms with van der Waals surface area (Å²) in [5.41, 5.74) is 3.26. The van der Waals surface area contributed by atoms with Crippen molar-refractivity contribution in [3.05, 3.63) is 49.5 Å². The molecule has 0 radical (unpaired) electrons. The van der Waals surface area contributed by atoms with E-state index in [1.807, 2.05) is 13.0 Å². The van der Waals surface area contributed by atoms with E-state index in [-0.39, 0.29) is 11.3 Å². The summed E-state index contributed by atoms with van der Waals surface area (Å²) in [6.45, 7) is 2.39. The van der Waals surface area contributed by atoms with E-state index in [2.05, 4.69) is 49.0 Å². The van der Waals surface area contributed by atoms with Gasteiger partial charge in [0.15, 0.2) is 11.5 Å². The van der Waals surface area contributed by atoms with Crippen LogP contribution in [-0.4, -0.2) is 30.9 Å². The highest BCUT2D eigenvalue weighted by molar-refractivity contribution is 14.1. The van der Waals surface area contributed by atoms with Crippen LogP contribution in [0.4, 0.5) is 0 Å². The molecule has 0 saturated heterocycles. The molecule has 6 nitrogen and oxygen atoms in total. The molecule has 0 spiro atoms. The molecule has 2 N–H and O–H groups in total. The SMILES string of the molecule is CCOc1cc(/C=N\NC(=O)c2cc(Br)ccc2O)cc(I)c1OC. The lowest BCUT2D eigenvalue weighted by molar-refractivity contribution is 0.0952. The summed E-state index contributed by atoms with van der Waals surface area (Å²) >= 11 is 5.40. The number of amides is 1. The van der Waals surface area contributed by atoms with Gasteiger partial charge >= 0.3 is 0 Å². The van der Waals surface area contributed by atoms with Crippen LogP contribution in [0.15, 0.2) is 39.9 Å². The third-order valence-electron chi connectivity index (χ3n) is 3.12. The van der Waals surface area contributed by atoms with Gasteiger partial charge in [0.2, 0.25) is 0 Å². The summed E-state index contributed by atoms with van der Waals surface area (Å²) in [5, 5.41) is 13.7. The molecule has 132 valence electrons. The molecule has 0 heterocycles. The summed E-state index contributed by atoms with van der Waals surface area (Å²) in [5.74, 6) is 0.633. The molecule has 2 aromatic rings. The average Bonchev–Trinajstić information content (AvgIpc) is 2.57. The first-order valence-corrected chi connectivity index (χ1v) is 9.15. The predicted molar refractivity (Wildman–Crippen MR) is 108 cm³/mol. The highest BCUT2D eigenvalue weighted by Crippen LogP contribution is 2.33. The van der Waals surface area contributed by atoms with Crippen molar-refractivity contribution in [2.75, 3.05) is 13.7 Å². The number of halogens is 2. The molecule has 0 unspecified atom stereocenters. The monoisotopic (exact) mass is 518 g/mol. The minimum atomic E-state index is -0.511. The molecule has 0 atom stereocenters. The van der Waals surface area contributed by atoms with Crippen molar-refractivity contribution in [3.8, 4) is 17.2 Å². The number of phenolic OH excluding ortho intramolecular Hbond substituents is 1. The Labute approximate surface area is 167 Å². The van der Waals surface area contributed by atoms with Crippen molar-refractivity contribution in [3.63, 3.8) is 0 Å². The number of hydrogen-bond acceptors (Lipinski definition) is 5. The second-order valence-electron chi connectivity index (χ2n) is 4.83. The maximum atomic E-state index is 12.1. The Hall–Kier alpha value is -1.81. The molecule has 0 bridgehead atoms.